The third-order valence-corrected chi connectivity index (χ3v) is 9.78. The summed E-state index contributed by atoms with van der Waals surface area (Å²) in [4.78, 5) is 1.75. The molecule has 0 N–H and O–H groups in total. The monoisotopic (exact) mass is 697 g/mol. The zero-order valence-corrected chi connectivity index (χ0v) is 28.9. The molecule has 0 aliphatic heterocycles. The number of rotatable bonds is 7. The van der Waals surface area contributed by atoms with Crippen molar-refractivity contribution in [2.45, 2.75) is 0 Å². The molecule has 0 bridgehead atoms. The van der Waals surface area contributed by atoms with Crippen molar-refractivity contribution in [2.24, 2.45) is 0 Å². The number of fused-ring (bicyclic) bond motifs is 5. The minimum Gasteiger partial charge on any atom is -0.456 e. The molecule has 0 aliphatic rings. The molecule has 10 aromatic rings. The Labute approximate surface area is 326 Å². The zero-order valence-electron chi connectivity index (χ0n) is 36.9. The normalized spacial score (nSPS) is 13.4. The van der Waals surface area contributed by atoms with Crippen LogP contribution in [0.15, 0.2) is 217 Å². The highest BCUT2D eigenvalue weighted by molar-refractivity contribution is 6.19. The van der Waals surface area contributed by atoms with Gasteiger partial charge in [-0.15, -0.1) is 0 Å². The number of furan rings is 1. The second kappa shape index (κ2) is 13.4. The summed E-state index contributed by atoms with van der Waals surface area (Å²) in [7, 11) is 0. The van der Waals surface area contributed by atoms with E-state index in [1.807, 2.05) is 152 Å². The lowest BCUT2D eigenvalue weighted by molar-refractivity contribution is 0.669. The van der Waals surface area contributed by atoms with Gasteiger partial charge in [-0.1, -0.05) is 158 Å². The molecule has 0 amide bonds. The Kier molecular flexibility index (Phi) is 6.01. The first kappa shape index (κ1) is 24.2. The Morgan fingerprint density at radius 2 is 0.778 bits per heavy atom. The number of hydrogen-bond acceptors (Lipinski definition) is 2. The number of hydrogen-bond donors (Lipinski definition) is 0. The third kappa shape index (κ3) is 5.81. The maximum atomic E-state index is 9.98. The Balaban J connectivity index is 1.22. The highest BCUT2D eigenvalue weighted by Gasteiger charge is 2.17. The second-order valence-corrected chi connectivity index (χ2v) is 13.1. The number of benzene rings is 9. The van der Waals surface area contributed by atoms with Crippen molar-refractivity contribution in [1.82, 2.24) is 0 Å². The molecule has 0 saturated heterocycles. The van der Waals surface area contributed by atoms with Crippen LogP contribution < -0.4 is 4.90 Å². The lowest BCUT2D eigenvalue weighted by Gasteiger charge is -2.26. The number of nitrogens with zero attached hydrogens (tertiary/aromatic N) is 1. The molecule has 0 saturated carbocycles. The summed E-state index contributed by atoms with van der Waals surface area (Å²) in [6, 6.07) is 50.2. The lowest BCUT2D eigenvalue weighted by atomic mass is 9.98. The van der Waals surface area contributed by atoms with E-state index in [9.17, 15) is 8.22 Å². The quantitative estimate of drug-likeness (QED) is 0.165. The average Bonchev–Trinajstić information content (AvgIpc) is 3.73. The molecule has 0 radical (unpaired) electrons. The van der Waals surface area contributed by atoms with Gasteiger partial charge in [0.1, 0.15) is 11.2 Å². The zero-order chi connectivity index (χ0) is 42.8. The van der Waals surface area contributed by atoms with Gasteiger partial charge in [-0.2, -0.15) is 0 Å². The third-order valence-electron chi connectivity index (χ3n) is 9.78. The van der Waals surface area contributed by atoms with Gasteiger partial charge in [0, 0.05) is 27.8 Å². The molecule has 9 aromatic carbocycles. The molecule has 1 aromatic heterocycles. The molecule has 2 heteroatoms. The molecular formula is C52H35NO. The molecule has 0 spiro atoms. The largest absolute Gasteiger partial charge is 0.456 e. The van der Waals surface area contributed by atoms with Crippen molar-refractivity contribution in [3.8, 4) is 44.5 Å². The van der Waals surface area contributed by atoms with E-state index in [1.165, 1.54) is 0 Å². The molecule has 2 nitrogen and oxygen atoms in total. The van der Waals surface area contributed by atoms with Gasteiger partial charge in [0.05, 0.1) is 11.0 Å². The molecular weight excluding hydrogens is 655 g/mol. The van der Waals surface area contributed by atoms with Gasteiger partial charge in [0.2, 0.25) is 0 Å². The average molecular weight is 698 g/mol. The smallest absolute Gasteiger partial charge is 0.136 e. The number of anilines is 3. The van der Waals surface area contributed by atoms with Crippen LogP contribution in [0.1, 0.15) is 11.0 Å². The van der Waals surface area contributed by atoms with Crippen LogP contribution in [0.25, 0.3) is 77.2 Å². The first-order valence-corrected chi connectivity index (χ1v) is 17.8. The summed E-state index contributed by atoms with van der Waals surface area (Å²) >= 11 is 0. The Morgan fingerprint density at radius 1 is 0.333 bits per heavy atom. The van der Waals surface area contributed by atoms with Crippen LogP contribution in [0.4, 0.5) is 17.1 Å². The fourth-order valence-electron chi connectivity index (χ4n) is 7.02. The highest BCUT2D eigenvalue weighted by Crippen LogP contribution is 2.42. The lowest BCUT2D eigenvalue weighted by Crippen LogP contribution is -2.09. The van der Waals surface area contributed by atoms with Gasteiger partial charge in [0.25, 0.3) is 0 Å². The molecule has 0 unspecified atom stereocenters. The van der Waals surface area contributed by atoms with Gasteiger partial charge in [-0.05, 0) is 110 Å². The fourth-order valence-corrected chi connectivity index (χ4v) is 7.02. The fraction of sp³-hybridized carbons (Fsp3) is 0. The van der Waals surface area contributed by atoms with E-state index in [1.54, 1.807) is 17.0 Å². The molecule has 0 fully saturated rings. The maximum absolute atomic E-state index is 9.98. The van der Waals surface area contributed by atoms with Gasteiger partial charge >= 0.3 is 0 Å². The van der Waals surface area contributed by atoms with Gasteiger partial charge in [-0.3, -0.25) is 0 Å². The van der Waals surface area contributed by atoms with E-state index in [0.29, 0.717) is 16.9 Å². The molecule has 10 rings (SSSR count). The minimum atomic E-state index is -0.406. The van der Waals surface area contributed by atoms with Crippen molar-refractivity contribution < 1.29 is 15.4 Å². The van der Waals surface area contributed by atoms with Gasteiger partial charge < -0.3 is 9.32 Å². The van der Waals surface area contributed by atoms with Crippen molar-refractivity contribution in [3.63, 3.8) is 0 Å². The maximum Gasteiger partial charge on any atom is 0.136 e. The SMILES string of the molecule is [2H]c1c(N(c2ccc(-c3ccccc3)cc2)c2ccc(-c3ccccc3)cc2)c([2H])c2c(c1[2H])c([2H])c([2H])c1oc3c([2H])c(-c4ccc(-c5ccccc5)cc4)c([2H])c([2H])c3c12. The van der Waals surface area contributed by atoms with Crippen molar-refractivity contribution >= 4 is 49.8 Å². The van der Waals surface area contributed by atoms with E-state index in [-0.39, 0.29) is 80.2 Å². The molecule has 0 aliphatic carbocycles. The van der Waals surface area contributed by atoms with E-state index in [2.05, 4.69) is 0 Å². The summed E-state index contributed by atoms with van der Waals surface area (Å²) in [5.74, 6) is 0. The van der Waals surface area contributed by atoms with E-state index >= 15 is 0 Å². The predicted octanol–water partition coefficient (Wildman–Crippen LogP) is 14.9. The minimum absolute atomic E-state index is 0.0369. The van der Waals surface area contributed by atoms with Crippen molar-refractivity contribution in [3.05, 3.63) is 212 Å². The van der Waals surface area contributed by atoms with Crippen molar-refractivity contribution in [2.75, 3.05) is 4.90 Å². The summed E-state index contributed by atoms with van der Waals surface area (Å²) in [5, 5.41) is 0.0591. The second-order valence-electron chi connectivity index (χ2n) is 13.1. The van der Waals surface area contributed by atoms with Crippen LogP contribution in [0.5, 0.6) is 0 Å². The standard InChI is InChI=1S/C52H35NO/c1-4-10-36(11-5-1)39-16-18-42(19-17-39)44-25-32-48-51(34-44)54-50-33-26-43-24-31-47(35-49(43)52(48)50)53(45-27-20-40(21-28-45)37-12-6-2-7-13-37)46-29-22-41(23-30-46)38-14-8-3-9-15-38/h1-35H/i24D,25D,26D,31D,32D,33D,34D,35D. The Bertz CT molecular complexity index is 3250. The van der Waals surface area contributed by atoms with Gasteiger partial charge in [-0.25, -0.2) is 0 Å². The van der Waals surface area contributed by atoms with E-state index in [0.717, 1.165) is 33.4 Å². The van der Waals surface area contributed by atoms with E-state index in [4.69, 9.17) is 7.16 Å². The van der Waals surface area contributed by atoms with Crippen LogP contribution in [0.3, 0.4) is 0 Å². The topological polar surface area (TPSA) is 16.4 Å². The Morgan fingerprint density at radius 3 is 1.30 bits per heavy atom. The molecule has 54 heavy (non-hydrogen) atoms. The van der Waals surface area contributed by atoms with Gasteiger partial charge in [0.15, 0.2) is 0 Å². The van der Waals surface area contributed by atoms with Crippen molar-refractivity contribution in [1.29, 1.82) is 0 Å². The molecule has 254 valence electrons. The first-order valence-electron chi connectivity index (χ1n) is 21.8. The first-order chi connectivity index (χ1) is 30.1. The van der Waals surface area contributed by atoms with Crippen LogP contribution in [0, 0.1) is 0 Å². The van der Waals surface area contributed by atoms with Crippen LogP contribution in [0.2, 0.25) is 0 Å². The Hall–Kier alpha value is -7.16. The molecule has 0 atom stereocenters. The van der Waals surface area contributed by atoms with Crippen LogP contribution in [-0.2, 0) is 0 Å². The summed E-state index contributed by atoms with van der Waals surface area (Å²) in [6.45, 7) is 0. The van der Waals surface area contributed by atoms with Crippen LogP contribution >= 0.6 is 0 Å². The molecule has 1 heterocycles. The highest BCUT2D eigenvalue weighted by atomic mass is 16.3. The van der Waals surface area contributed by atoms with E-state index < -0.39 is 12.1 Å². The van der Waals surface area contributed by atoms with Crippen LogP contribution in [-0.4, -0.2) is 0 Å². The summed E-state index contributed by atoms with van der Waals surface area (Å²) < 4.78 is 81.5. The predicted molar refractivity (Wildman–Crippen MR) is 228 cm³/mol. The summed E-state index contributed by atoms with van der Waals surface area (Å²) in [5.41, 5.74) is 7.72. The summed E-state index contributed by atoms with van der Waals surface area (Å²) in [6.07, 6.45) is 0.